The first-order valence-corrected chi connectivity index (χ1v) is 7.68. The molecule has 2 aromatic carbocycles. The molecule has 1 atom stereocenters. The summed E-state index contributed by atoms with van der Waals surface area (Å²) in [5.41, 5.74) is 5.30. The number of nitrogens with one attached hydrogen (secondary N) is 1. The topological polar surface area (TPSA) is 15.3 Å². The van der Waals surface area contributed by atoms with Crippen LogP contribution in [0.3, 0.4) is 0 Å². The van der Waals surface area contributed by atoms with Crippen molar-refractivity contribution in [3.63, 3.8) is 0 Å². The summed E-state index contributed by atoms with van der Waals surface area (Å²) in [7, 11) is 2.17. The third-order valence-electron chi connectivity index (χ3n) is 3.87. The van der Waals surface area contributed by atoms with Gasteiger partial charge in [-0.2, -0.15) is 0 Å². The number of aryl methyl sites for hydroxylation is 2. The Kier molecular flexibility index (Phi) is 5.40. The molecular weight excluding hydrogens is 256 g/mol. The van der Waals surface area contributed by atoms with Crippen molar-refractivity contribution >= 4 is 5.69 Å². The maximum Gasteiger partial charge on any atom is 0.0498 e. The van der Waals surface area contributed by atoms with Crippen molar-refractivity contribution in [1.82, 2.24) is 5.32 Å². The second-order valence-corrected chi connectivity index (χ2v) is 5.69. The van der Waals surface area contributed by atoms with Crippen molar-refractivity contribution in [3.8, 4) is 0 Å². The van der Waals surface area contributed by atoms with Gasteiger partial charge in [-0.15, -0.1) is 0 Å². The van der Waals surface area contributed by atoms with Gasteiger partial charge < -0.3 is 10.2 Å². The molecule has 0 radical (unpaired) electrons. The Labute approximate surface area is 128 Å². The van der Waals surface area contributed by atoms with E-state index < -0.39 is 0 Å². The van der Waals surface area contributed by atoms with Crippen LogP contribution in [0.2, 0.25) is 0 Å². The van der Waals surface area contributed by atoms with Crippen LogP contribution in [0.25, 0.3) is 0 Å². The summed E-state index contributed by atoms with van der Waals surface area (Å²) >= 11 is 0. The van der Waals surface area contributed by atoms with Gasteiger partial charge in [-0.05, 0) is 37.6 Å². The van der Waals surface area contributed by atoms with E-state index in [1.165, 1.54) is 22.4 Å². The molecule has 0 heterocycles. The molecule has 21 heavy (non-hydrogen) atoms. The van der Waals surface area contributed by atoms with Crippen LogP contribution in [0, 0.1) is 13.8 Å². The van der Waals surface area contributed by atoms with Crippen LogP contribution in [-0.2, 0) is 0 Å². The fourth-order valence-corrected chi connectivity index (χ4v) is 2.83. The molecule has 0 fully saturated rings. The molecule has 0 saturated carbocycles. The molecule has 0 aliphatic rings. The molecule has 2 nitrogen and oxygen atoms in total. The molecule has 0 spiro atoms. The van der Waals surface area contributed by atoms with E-state index >= 15 is 0 Å². The summed E-state index contributed by atoms with van der Waals surface area (Å²) in [6.45, 7) is 8.42. The summed E-state index contributed by atoms with van der Waals surface area (Å²) < 4.78 is 0. The average Bonchev–Trinajstić information content (AvgIpc) is 2.47. The minimum atomic E-state index is 0.349. The highest BCUT2D eigenvalue weighted by molar-refractivity contribution is 5.54. The Morgan fingerprint density at radius 2 is 1.76 bits per heavy atom. The number of hydrogen-bond donors (Lipinski definition) is 1. The number of benzene rings is 2. The molecule has 2 heteroatoms. The number of hydrogen-bond acceptors (Lipinski definition) is 2. The van der Waals surface area contributed by atoms with Crippen LogP contribution < -0.4 is 10.2 Å². The Morgan fingerprint density at radius 3 is 2.38 bits per heavy atom. The van der Waals surface area contributed by atoms with E-state index in [1.807, 2.05) is 0 Å². The fraction of sp³-hybridized carbons (Fsp3) is 0.368. The smallest absolute Gasteiger partial charge is 0.0498 e. The van der Waals surface area contributed by atoms with Crippen molar-refractivity contribution in [2.24, 2.45) is 0 Å². The number of anilines is 1. The third-order valence-corrected chi connectivity index (χ3v) is 3.87. The molecule has 0 aliphatic carbocycles. The monoisotopic (exact) mass is 282 g/mol. The highest BCUT2D eigenvalue weighted by Crippen LogP contribution is 2.23. The predicted molar refractivity (Wildman–Crippen MR) is 92.0 cm³/mol. The summed E-state index contributed by atoms with van der Waals surface area (Å²) in [6.07, 6.45) is 0. The lowest BCUT2D eigenvalue weighted by atomic mass is 10.1. The van der Waals surface area contributed by atoms with Gasteiger partial charge in [0.25, 0.3) is 0 Å². The van der Waals surface area contributed by atoms with Crippen LogP contribution in [0.15, 0.2) is 48.5 Å². The first kappa shape index (κ1) is 15.6. The van der Waals surface area contributed by atoms with Crippen molar-refractivity contribution in [3.05, 3.63) is 65.2 Å². The van der Waals surface area contributed by atoms with E-state index in [-0.39, 0.29) is 0 Å². The number of rotatable bonds is 6. The average molecular weight is 282 g/mol. The van der Waals surface area contributed by atoms with Gasteiger partial charge in [0.15, 0.2) is 0 Å². The van der Waals surface area contributed by atoms with E-state index in [0.29, 0.717) is 6.04 Å². The first-order valence-electron chi connectivity index (χ1n) is 7.68. The van der Waals surface area contributed by atoms with Gasteiger partial charge in [-0.1, -0.05) is 55.0 Å². The van der Waals surface area contributed by atoms with Gasteiger partial charge >= 0.3 is 0 Å². The van der Waals surface area contributed by atoms with Crippen molar-refractivity contribution in [2.75, 3.05) is 25.0 Å². The van der Waals surface area contributed by atoms with Crippen LogP contribution >= 0.6 is 0 Å². The maximum absolute atomic E-state index is 3.59. The van der Waals surface area contributed by atoms with Gasteiger partial charge in [-0.3, -0.25) is 0 Å². The van der Waals surface area contributed by atoms with E-state index in [4.69, 9.17) is 0 Å². The minimum absolute atomic E-state index is 0.349. The molecule has 0 aliphatic heterocycles. The van der Waals surface area contributed by atoms with Gasteiger partial charge in [-0.25, -0.2) is 0 Å². The van der Waals surface area contributed by atoms with E-state index in [0.717, 1.165) is 13.1 Å². The molecular formula is C19H26N2. The van der Waals surface area contributed by atoms with Gasteiger partial charge in [0, 0.05) is 25.3 Å². The van der Waals surface area contributed by atoms with E-state index in [9.17, 15) is 0 Å². The largest absolute Gasteiger partial charge is 0.372 e. The lowest BCUT2D eigenvalue weighted by Gasteiger charge is -2.28. The Bertz CT molecular complexity index is 563. The van der Waals surface area contributed by atoms with Crippen molar-refractivity contribution in [1.29, 1.82) is 0 Å². The quantitative estimate of drug-likeness (QED) is 0.858. The molecule has 0 saturated heterocycles. The van der Waals surface area contributed by atoms with Crippen LogP contribution in [0.5, 0.6) is 0 Å². The molecule has 112 valence electrons. The van der Waals surface area contributed by atoms with Gasteiger partial charge in [0.2, 0.25) is 0 Å². The highest BCUT2D eigenvalue weighted by Gasteiger charge is 2.14. The highest BCUT2D eigenvalue weighted by atomic mass is 15.1. The van der Waals surface area contributed by atoms with Gasteiger partial charge in [0.1, 0.15) is 0 Å². The normalized spacial score (nSPS) is 12.2. The van der Waals surface area contributed by atoms with Crippen molar-refractivity contribution < 1.29 is 0 Å². The molecule has 0 amide bonds. The van der Waals surface area contributed by atoms with E-state index in [2.05, 4.69) is 86.6 Å². The fourth-order valence-electron chi connectivity index (χ4n) is 2.83. The maximum atomic E-state index is 3.59. The first-order chi connectivity index (χ1) is 10.1. The lowest BCUT2D eigenvalue weighted by Crippen LogP contribution is -2.33. The zero-order valence-corrected chi connectivity index (χ0v) is 13.6. The molecule has 2 rings (SSSR count). The SMILES string of the molecule is CCNC(CN(C)c1ccc(C)cc1C)c1ccccc1. The van der Waals surface area contributed by atoms with Crippen LogP contribution in [0.1, 0.15) is 29.7 Å². The summed E-state index contributed by atoms with van der Waals surface area (Å²) in [6, 6.07) is 17.7. The molecule has 0 bridgehead atoms. The molecule has 1 N–H and O–H groups in total. The molecule has 2 aromatic rings. The zero-order valence-electron chi connectivity index (χ0n) is 13.6. The van der Waals surface area contributed by atoms with Crippen LogP contribution in [0.4, 0.5) is 5.69 Å². The number of nitrogens with zero attached hydrogens (tertiary/aromatic N) is 1. The summed E-state index contributed by atoms with van der Waals surface area (Å²) in [5, 5.41) is 3.59. The van der Waals surface area contributed by atoms with Gasteiger partial charge in [0.05, 0.1) is 0 Å². The second kappa shape index (κ2) is 7.28. The second-order valence-electron chi connectivity index (χ2n) is 5.69. The Hall–Kier alpha value is -1.80. The van der Waals surface area contributed by atoms with Crippen LogP contribution in [-0.4, -0.2) is 20.1 Å². The third kappa shape index (κ3) is 4.08. The Balaban J connectivity index is 2.16. The summed E-state index contributed by atoms with van der Waals surface area (Å²) in [4.78, 5) is 2.34. The summed E-state index contributed by atoms with van der Waals surface area (Å²) in [5.74, 6) is 0. The molecule has 1 unspecified atom stereocenters. The predicted octanol–water partition coefficient (Wildman–Crippen LogP) is 4.09. The zero-order chi connectivity index (χ0) is 15.2. The van der Waals surface area contributed by atoms with Crippen molar-refractivity contribution in [2.45, 2.75) is 26.8 Å². The number of likely N-dealkylation sites (N-methyl/N-ethyl adjacent to an activating group) is 2. The Morgan fingerprint density at radius 1 is 1.05 bits per heavy atom. The lowest BCUT2D eigenvalue weighted by molar-refractivity contribution is 0.550. The van der Waals surface area contributed by atoms with E-state index in [1.54, 1.807) is 0 Å². The minimum Gasteiger partial charge on any atom is -0.372 e. The standard InChI is InChI=1S/C19H26N2/c1-5-20-18(17-9-7-6-8-10-17)14-21(4)19-12-11-15(2)13-16(19)3/h6-13,18,20H,5,14H2,1-4H3. The molecule has 0 aromatic heterocycles.